The third-order valence-corrected chi connectivity index (χ3v) is 7.28. The van der Waals surface area contributed by atoms with Gasteiger partial charge in [0.25, 0.3) is 0 Å². The molecule has 3 aliphatic rings. The highest BCUT2D eigenvalue weighted by Crippen LogP contribution is 2.44. The molecule has 0 bridgehead atoms. The summed E-state index contributed by atoms with van der Waals surface area (Å²) in [6.45, 7) is 2.15. The van der Waals surface area contributed by atoms with Gasteiger partial charge in [0.2, 0.25) is 0 Å². The summed E-state index contributed by atoms with van der Waals surface area (Å²) in [5, 5.41) is 7.62. The number of pyridine rings is 1. The van der Waals surface area contributed by atoms with Crippen molar-refractivity contribution >= 4 is 11.8 Å². The topological polar surface area (TPSA) is 98.3 Å². The van der Waals surface area contributed by atoms with Crippen LogP contribution in [0, 0.1) is 0 Å². The van der Waals surface area contributed by atoms with Crippen molar-refractivity contribution < 1.29 is 22.7 Å². The zero-order valence-corrected chi connectivity index (χ0v) is 18.7. The summed E-state index contributed by atoms with van der Waals surface area (Å²) in [7, 11) is 0. The van der Waals surface area contributed by atoms with Crippen molar-refractivity contribution in [1.29, 1.82) is 0 Å². The summed E-state index contributed by atoms with van der Waals surface area (Å²) in [5.41, 5.74) is 6.77. The molecular formula is C24H23F3N6O2. The van der Waals surface area contributed by atoms with Gasteiger partial charge < -0.3 is 20.7 Å². The third-order valence-electron chi connectivity index (χ3n) is 7.28. The van der Waals surface area contributed by atoms with Gasteiger partial charge in [-0.2, -0.15) is 18.3 Å². The second-order valence-corrected chi connectivity index (χ2v) is 9.35. The number of nitrogens with two attached hydrogens (primary N) is 1. The van der Waals surface area contributed by atoms with Gasteiger partial charge in [-0.15, -0.1) is 0 Å². The summed E-state index contributed by atoms with van der Waals surface area (Å²) in [4.78, 5) is 18.6. The number of alkyl halides is 3. The second kappa shape index (κ2) is 7.62. The van der Waals surface area contributed by atoms with Gasteiger partial charge in [0.1, 0.15) is 18.2 Å². The number of ether oxygens (including phenoxy) is 1. The Balaban J connectivity index is 1.21. The van der Waals surface area contributed by atoms with Crippen LogP contribution in [0.5, 0.6) is 5.75 Å². The number of aryl methyl sites for hydroxylation is 1. The predicted octanol–water partition coefficient (Wildman–Crippen LogP) is 3.74. The molecule has 1 unspecified atom stereocenters. The van der Waals surface area contributed by atoms with E-state index in [0.717, 1.165) is 35.9 Å². The lowest BCUT2D eigenvalue weighted by Crippen LogP contribution is -2.42. The molecule has 3 aliphatic heterocycles. The first-order chi connectivity index (χ1) is 16.7. The van der Waals surface area contributed by atoms with Crippen LogP contribution in [0.3, 0.4) is 0 Å². The molecular weight excluding hydrogens is 461 g/mol. The van der Waals surface area contributed by atoms with Gasteiger partial charge in [-0.1, -0.05) is 18.2 Å². The van der Waals surface area contributed by atoms with E-state index < -0.39 is 17.6 Å². The van der Waals surface area contributed by atoms with Crippen LogP contribution in [-0.4, -0.2) is 45.4 Å². The van der Waals surface area contributed by atoms with Crippen LogP contribution >= 0.6 is 0 Å². The molecule has 5 heterocycles. The van der Waals surface area contributed by atoms with Crippen molar-refractivity contribution in [2.24, 2.45) is 0 Å². The van der Waals surface area contributed by atoms with Crippen molar-refractivity contribution in [3.8, 4) is 17.0 Å². The van der Waals surface area contributed by atoms with Crippen molar-refractivity contribution in [2.45, 2.75) is 37.0 Å². The van der Waals surface area contributed by atoms with E-state index in [4.69, 9.17) is 10.5 Å². The number of carbonyl (C=O) groups excluding carboxylic acids is 1. The van der Waals surface area contributed by atoms with E-state index in [9.17, 15) is 18.0 Å². The maximum absolute atomic E-state index is 13.3. The minimum atomic E-state index is -4.60. The van der Waals surface area contributed by atoms with E-state index in [0.29, 0.717) is 31.9 Å². The number of nitrogens with one attached hydrogen (secondary N) is 1. The van der Waals surface area contributed by atoms with E-state index in [2.05, 4.69) is 15.4 Å². The fourth-order valence-electron chi connectivity index (χ4n) is 5.43. The van der Waals surface area contributed by atoms with Crippen molar-refractivity contribution in [1.82, 2.24) is 25.0 Å². The molecule has 35 heavy (non-hydrogen) atoms. The van der Waals surface area contributed by atoms with Gasteiger partial charge in [0.05, 0.1) is 17.3 Å². The molecule has 3 aromatic rings. The number of para-hydroxylation sites is 1. The minimum absolute atomic E-state index is 0.150. The lowest BCUT2D eigenvalue weighted by Gasteiger charge is -2.24. The number of carbonyl (C=O) groups is 1. The minimum Gasteiger partial charge on any atom is -0.491 e. The fourth-order valence-corrected chi connectivity index (χ4v) is 5.43. The maximum atomic E-state index is 13.3. The Labute approximate surface area is 198 Å². The zero-order valence-electron chi connectivity index (χ0n) is 18.7. The number of urea groups is 1. The van der Waals surface area contributed by atoms with E-state index in [1.807, 2.05) is 35.0 Å². The molecule has 0 aliphatic carbocycles. The number of likely N-dealkylation sites (tertiary alicyclic amines) is 1. The lowest BCUT2D eigenvalue weighted by molar-refractivity contribution is -0.137. The largest absolute Gasteiger partial charge is 0.491 e. The zero-order chi connectivity index (χ0) is 24.4. The van der Waals surface area contributed by atoms with E-state index in [1.54, 1.807) is 4.90 Å². The maximum Gasteiger partial charge on any atom is 0.419 e. The third kappa shape index (κ3) is 3.57. The molecule has 11 heteroatoms. The van der Waals surface area contributed by atoms with Crippen LogP contribution in [-0.2, 0) is 18.1 Å². The van der Waals surface area contributed by atoms with Crippen LogP contribution in [0.2, 0.25) is 0 Å². The molecule has 1 saturated heterocycles. The summed E-state index contributed by atoms with van der Waals surface area (Å²) in [5.74, 6) is 0.228. The molecule has 182 valence electrons. The molecule has 1 fully saturated rings. The number of amides is 2. The van der Waals surface area contributed by atoms with Crippen LogP contribution in [0.15, 0.2) is 42.6 Å². The Bertz CT molecular complexity index is 1320. The number of benzene rings is 1. The molecule has 0 radical (unpaired) electrons. The first kappa shape index (κ1) is 21.8. The van der Waals surface area contributed by atoms with Gasteiger partial charge in [-0.3, -0.25) is 4.68 Å². The average molecular weight is 484 g/mol. The number of aromatic nitrogens is 3. The normalized spacial score (nSPS) is 22.8. The molecule has 2 aromatic heterocycles. The molecule has 1 aromatic carbocycles. The van der Waals surface area contributed by atoms with Crippen LogP contribution in [0.1, 0.15) is 35.7 Å². The van der Waals surface area contributed by atoms with Crippen molar-refractivity contribution in [3.05, 3.63) is 59.4 Å². The Morgan fingerprint density at radius 3 is 2.83 bits per heavy atom. The standard InChI is InChI=1S/C24H23F3N6O2/c25-24(26,27)16-9-14(11-29-21(16)28)17-10-20-23(6-8-33(20)31-17)5-7-32(13-23)22(34)30-18-12-35-19-4-2-1-3-15(18)19/h1-4,9-11,18H,5-8,12-13H2,(H2,28,29)(H,30,34)/t18-,23?/m0/s1. The smallest absolute Gasteiger partial charge is 0.419 e. The Morgan fingerprint density at radius 1 is 1.20 bits per heavy atom. The SMILES string of the molecule is Nc1ncc(-c2cc3n(n2)CCC32CCN(C(=O)N[C@H]3COc4ccccc43)C2)cc1C(F)(F)F. The van der Waals surface area contributed by atoms with Gasteiger partial charge in [0, 0.05) is 48.1 Å². The first-order valence-corrected chi connectivity index (χ1v) is 11.4. The summed E-state index contributed by atoms with van der Waals surface area (Å²) in [6.07, 6.45) is -1.70. The van der Waals surface area contributed by atoms with Gasteiger partial charge >= 0.3 is 12.2 Å². The van der Waals surface area contributed by atoms with Crippen LogP contribution < -0.4 is 15.8 Å². The average Bonchev–Trinajstić information content (AvgIpc) is 3.59. The predicted molar refractivity (Wildman–Crippen MR) is 121 cm³/mol. The van der Waals surface area contributed by atoms with E-state index in [-0.39, 0.29) is 23.1 Å². The first-order valence-electron chi connectivity index (χ1n) is 11.4. The highest BCUT2D eigenvalue weighted by molar-refractivity contribution is 5.76. The highest BCUT2D eigenvalue weighted by Gasteiger charge is 2.47. The fraction of sp³-hybridized carbons (Fsp3) is 0.375. The number of nitrogens with zero attached hydrogens (tertiary/aromatic N) is 4. The molecule has 3 N–H and O–H groups in total. The molecule has 2 amide bonds. The van der Waals surface area contributed by atoms with E-state index >= 15 is 0 Å². The lowest BCUT2D eigenvalue weighted by atomic mass is 9.82. The van der Waals surface area contributed by atoms with Crippen LogP contribution in [0.25, 0.3) is 11.3 Å². The number of rotatable bonds is 2. The number of nitrogen functional groups attached to an aromatic ring is 1. The number of anilines is 1. The quantitative estimate of drug-likeness (QED) is 0.578. The van der Waals surface area contributed by atoms with Crippen molar-refractivity contribution in [2.75, 3.05) is 25.4 Å². The van der Waals surface area contributed by atoms with E-state index in [1.165, 1.54) is 6.20 Å². The summed E-state index contributed by atoms with van der Waals surface area (Å²) in [6, 6.07) is 10.1. The highest BCUT2D eigenvalue weighted by atomic mass is 19.4. The molecule has 2 atom stereocenters. The second-order valence-electron chi connectivity index (χ2n) is 9.35. The van der Waals surface area contributed by atoms with Gasteiger partial charge in [-0.05, 0) is 31.0 Å². The Hall–Kier alpha value is -3.76. The molecule has 1 spiro atoms. The number of hydrogen-bond acceptors (Lipinski definition) is 5. The molecule has 0 saturated carbocycles. The number of fused-ring (bicyclic) bond motifs is 3. The summed E-state index contributed by atoms with van der Waals surface area (Å²) < 4.78 is 47.4. The number of halogens is 3. The van der Waals surface area contributed by atoms with Gasteiger partial charge in [0.15, 0.2) is 0 Å². The monoisotopic (exact) mass is 484 g/mol. The molecule has 8 nitrogen and oxygen atoms in total. The van der Waals surface area contributed by atoms with Gasteiger partial charge in [-0.25, -0.2) is 9.78 Å². The van der Waals surface area contributed by atoms with Crippen LogP contribution in [0.4, 0.5) is 23.8 Å². The Morgan fingerprint density at radius 2 is 2.00 bits per heavy atom. The van der Waals surface area contributed by atoms with Crippen molar-refractivity contribution in [3.63, 3.8) is 0 Å². The Kier molecular flexibility index (Phi) is 4.74. The summed E-state index contributed by atoms with van der Waals surface area (Å²) >= 11 is 0. The molecule has 6 rings (SSSR count). The number of hydrogen-bond donors (Lipinski definition) is 2.